The van der Waals surface area contributed by atoms with Crippen molar-refractivity contribution in [3.63, 3.8) is 0 Å². The molecule has 0 amide bonds. The van der Waals surface area contributed by atoms with Crippen molar-refractivity contribution in [2.24, 2.45) is 0 Å². The fourth-order valence-electron chi connectivity index (χ4n) is 4.24. The minimum absolute atomic E-state index is 0.0398. The molecule has 3 N–H and O–H groups in total. The number of para-hydroxylation sites is 1. The maximum absolute atomic E-state index is 13.1. The number of methoxy groups -OCH3 is 2. The number of aromatic hydroxyl groups is 1. The van der Waals surface area contributed by atoms with Gasteiger partial charge in [-0.05, 0) is 25.1 Å². The van der Waals surface area contributed by atoms with Crippen LogP contribution >= 0.6 is 0 Å². The summed E-state index contributed by atoms with van der Waals surface area (Å²) < 4.78 is 22.5. The summed E-state index contributed by atoms with van der Waals surface area (Å²) in [5, 5.41) is 27.8. The summed E-state index contributed by atoms with van der Waals surface area (Å²) in [6.45, 7) is 2.28. The molecule has 0 aliphatic carbocycles. The fourth-order valence-corrected chi connectivity index (χ4v) is 4.24. The van der Waals surface area contributed by atoms with E-state index in [1.54, 1.807) is 18.2 Å². The van der Waals surface area contributed by atoms with Gasteiger partial charge in [-0.1, -0.05) is 24.3 Å². The van der Waals surface area contributed by atoms with Crippen molar-refractivity contribution < 1.29 is 23.7 Å². The number of nitrogens with one attached hydrogen (secondary N) is 2. The summed E-state index contributed by atoms with van der Waals surface area (Å²) in [5.41, 5.74) is 1.89. The molecule has 11 nitrogen and oxygen atoms in total. The number of rotatable bonds is 9. The van der Waals surface area contributed by atoms with Gasteiger partial charge >= 0.3 is 0 Å². The highest BCUT2D eigenvalue weighted by Crippen LogP contribution is 2.46. The largest absolute Gasteiger partial charge is 0.506 e. The van der Waals surface area contributed by atoms with Gasteiger partial charge < -0.3 is 28.7 Å². The van der Waals surface area contributed by atoms with Gasteiger partial charge in [0.2, 0.25) is 5.89 Å². The SMILES string of the molecule is CCOCc1[nH]c(=O)c(-c2nnc(Cc3[nH]nc4ccccc34)o2)c(O)c1-c1c(OC)cccc1OC. The van der Waals surface area contributed by atoms with E-state index in [4.69, 9.17) is 18.6 Å². The first-order valence-electron chi connectivity index (χ1n) is 11.6. The van der Waals surface area contributed by atoms with E-state index in [0.29, 0.717) is 29.4 Å². The van der Waals surface area contributed by atoms with Gasteiger partial charge in [0.1, 0.15) is 22.8 Å². The molecule has 0 fully saturated rings. The molecule has 11 heteroatoms. The van der Waals surface area contributed by atoms with Crippen molar-refractivity contribution in [3.05, 3.63) is 70.1 Å². The van der Waals surface area contributed by atoms with E-state index in [1.807, 2.05) is 31.2 Å². The molecule has 0 saturated heterocycles. The molecule has 190 valence electrons. The van der Waals surface area contributed by atoms with E-state index in [1.165, 1.54) is 14.2 Å². The van der Waals surface area contributed by atoms with Gasteiger partial charge in [-0.25, -0.2) is 0 Å². The smallest absolute Gasteiger partial charge is 0.264 e. The minimum Gasteiger partial charge on any atom is -0.506 e. The molecule has 0 saturated carbocycles. The molecule has 0 atom stereocenters. The average molecular weight is 504 g/mol. The number of hydrogen-bond acceptors (Lipinski definition) is 9. The third-order valence-corrected chi connectivity index (χ3v) is 5.94. The molecule has 5 rings (SSSR count). The van der Waals surface area contributed by atoms with Crippen LogP contribution in [0, 0.1) is 0 Å². The maximum atomic E-state index is 13.1. The van der Waals surface area contributed by atoms with Crippen LogP contribution in [0.1, 0.15) is 24.2 Å². The Morgan fingerprint density at radius 1 is 0.946 bits per heavy atom. The Kier molecular flexibility index (Phi) is 6.60. The zero-order valence-corrected chi connectivity index (χ0v) is 20.5. The average Bonchev–Trinajstić information content (AvgIpc) is 3.54. The first-order valence-corrected chi connectivity index (χ1v) is 11.6. The lowest BCUT2D eigenvalue weighted by molar-refractivity contribution is 0.131. The number of aromatic nitrogens is 5. The van der Waals surface area contributed by atoms with Crippen LogP contribution in [-0.2, 0) is 17.8 Å². The highest BCUT2D eigenvalue weighted by molar-refractivity contribution is 5.87. The predicted octanol–water partition coefficient (Wildman–Crippen LogP) is 3.82. The van der Waals surface area contributed by atoms with Crippen LogP contribution in [0.4, 0.5) is 0 Å². The number of aromatic amines is 2. The van der Waals surface area contributed by atoms with Gasteiger partial charge in [0.15, 0.2) is 0 Å². The Morgan fingerprint density at radius 2 is 1.70 bits per heavy atom. The van der Waals surface area contributed by atoms with E-state index in [2.05, 4.69) is 25.4 Å². The second-order valence-corrected chi connectivity index (χ2v) is 8.10. The molecule has 0 aliphatic rings. The highest BCUT2D eigenvalue weighted by Gasteiger charge is 2.27. The Morgan fingerprint density at radius 3 is 2.43 bits per heavy atom. The summed E-state index contributed by atoms with van der Waals surface area (Å²) in [4.78, 5) is 15.9. The third-order valence-electron chi connectivity index (χ3n) is 5.94. The van der Waals surface area contributed by atoms with Crippen LogP contribution in [0.25, 0.3) is 33.5 Å². The Labute approximate surface area is 211 Å². The molecule has 0 radical (unpaired) electrons. The first-order chi connectivity index (χ1) is 18.0. The van der Waals surface area contributed by atoms with Gasteiger partial charge in [0, 0.05) is 12.0 Å². The monoisotopic (exact) mass is 503 g/mol. The molecule has 0 aliphatic heterocycles. The zero-order valence-electron chi connectivity index (χ0n) is 20.5. The summed E-state index contributed by atoms with van der Waals surface area (Å²) in [6, 6.07) is 12.9. The number of benzene rings is 2. The van der Waals surface area contributed by atoms with Crippen molar-refractivity contribution in [1.82, 2.24) is 25.4 Å². The number of nitrogens with zero attached hydrogens (tertiary/aromatic N) is 3. The quantitative estimate of drug-likeness (QED) is 0.273. The molecule has 37 heavy (non-hydrogen) atoms. The molecule has 3 aromatic heterocycles. The minimum atomic E-state index is -0.605. The molecule has 0 bridgehead atoms. The molecule has 0 unspecified atom stereocenters. The summed E-state index contributed by atoms with van der Waals surface area (Å²) >= 11 is 0. The summed E-state index contributed by atoms with van der Waals surface area (Å²) in [5.74, 6) is 0.627. The van der Waals surface area contributed by atoms with Crippen LogP contribution in [0.2, 0.25) is 0 Å². The second-order valence-electron chi connectivity index (χ2n) is 8.10. The molecular weight excluding hydrogens is 478 g/mol. The topological polar surface area (TPSA) is 148 Å². The standard InChI is InChI=1S/C26H25N5O6/c1-4-36-13-17-21(22-18(34-2)10-7-11-19(22)35-3)24(32)23(25(33)27-17)26-31-30-20(37-26)12-16-14-8-5-6-9-15(14)28-29-16/h5-11H,4,12-13H2,1-3H3,(H,28,29)(H2,27,32,33). The van der Waals surface area contributed by atoms with Crippen molar-refractivity contribution in [1.29, 1.82) is 0 Å². The van der Waals surface area contributed by atoms with E-state index in [9.17, 15) is 9.90 Å². The second kappa shape index (κ2) is 10.2. The van der Waals surface area contributed by atoms with Crippen LogP contribution < -0.4 is 15.0 Å². The molecule has 3 heterocycles. The summed E-state index contributed by atoms with van der Waals surface area (Å²) in [6.07, 6.45) is 0.266. The maximum Gasteiger partial charge on any atom is 0.264 e. The predicted molar refractivity (Wildman–Crippen MR) is 135 cm³/mol. The van der Waals surface area contributed by atoms with Crippen LogP contribution in [0.5, 0.6) is 17.2 Å². The van der Waals surface area contributed by atoms with Crippen LogP contribution in [0.3, 0.4) is 0 Å². The highest BCUT2D eigenvalue weighted by atomic mass is 16.5. The van der Waals surface area contributed by atoms with E-state index >= 15 is 0 Å². The van der Waals surface area contributed by atoms with Gasteiger partial charge in [-0.15, -0.1) is 10.2 Å². The van der Waals surface area contributed by atoms with E-state index in [0.717, 1.165) is 16.6 Å². The number of pyridine rings is 1. The van der Waals surface area contributed by atoms with Gasteiger partial charge in [-0.2, -0.15) is 5.10 Å². The van der Waals surface area contributed by atoms with Crippen molar-refractivity contribution in [3.8, 4) is 39.8 Å². The molecule has 5 aromatic rings. The normalized spacial score (nSPS) is 11.2. The summed E-state index contributed by atoms with van der Waals surface area (Å²) in [7, 11) is 3.02. The first kappa shape index (κ1) is 24.1. The van der Waals surface area contributed by atoms with Crippen LogP contribution in [-0.4, -0.2) is 51.3 Å². The van der Waals surface area contributed by atoms with Crippen molar-refractivity contribution in [2.75, 3.05) is 20.8 Å². The lowest BCUT2D eigenvalue weighted by Gasteiger charge is -2.18. The third kappa shape index (κ3) is 4.40. The lowest BCUT2D eigenvalue weighted by Crippen LogP contribution is -2.15. The number of hydrogen-bond donors (Lipinski definition) is 3. The number of ether oxygens (including phenoxy) is 3. The van der Waals surface area contributed by atoms with Gasteiger partial charge in [-0.3, -0.25) is 9.89 Å². The Bertz CT molecular complexity index is 1600. The van der Waals surface area contributed by atoms with Crippen LogP contribution in [0.15, 0.2) is 51.7 Å². The van der Waals surface area contributed by atoms with Gasteiger partial charge in [0.25, 0.3) is 11.4 Å². The van der Waals surface area contributed by atoms with Crippen molar-refractivity contribution in [2.45, 2.75) is 20.0 Å². The zero-order chi connectivity index (χ0) is 25.9. The van der Waals surface area contributed by atoms with E-state index < -0.39 is 5.56 Å². The molecular formula is C26H25N5O6. The van der Waals surface area contributed by atoms with Crippen molar-refractivity contribution >= 4 is 10.9 Å². The lowest BCUT2D eigenvalue weighted by atomic mass is 9.98. The van der Waals surface area contributed by atoms with E-state index in [-0.39, 0.29) is 41.7 Å². The van der Waals surface area contributed by atoms with Gasteiger partial charge in [0.05, 0.1) is 55.3 Å². The molecule has 0 spiro atoms. The number of H-pyrrole nitrogens is 2. The molecule has 2 aromatic carbocycles. The Balaban J connectivity index is 1.63. The number of fused-ring (bicyclic) bond motifs is 1. The fraction of sp³-hybridized carbons (Fsp3) is 0.231. The Hall–Kier alpha value is -4.64.